The van der Waals surface area contributed by atoms with E-state index in [4.69, 9.17) is 0 Å². The standard InChI is InChI=1S/C57H42N2Si/c1-41-25-37-56-52(39-41)50-21-11-13-23-54(50)58(56)44-32-28-42(29-33-44)26-27-43-30-34-45(35-31-43)59-55-24-14-12-22-51(55)53-40-49(36-38-57(53)59)60(46-15-5-2-6-16-46,47-17-7-3-8-18-47)48-19-9-4-10-20-48/h2-40H,1H3/b27-26+. The highest BCUT2D eigenvalue weighted by Crippen LogP contribution is 2.34. The van der Waals surface area contributed by atoms with Crippen molar-refractivity contribution in [2.24, 2.45) is 0 Å². The Morgan fingerprint density at radius 3 is 1.17 bits per heavy atom. The van der Waals surface area contributed by atoms with Gasteiger partial charge in [-0.3, -0.25) is 0 Å². The molecule has 0 atom stereocenters. The summed E-state index contributed by atoms with van der Waals surface area (Å²) in [6, 6.07) is 82.9. The fourth-order valence-electron chi connectivity index (χ4n) is 9.58. The molecule has 0 unspecified atom stereocenters. The van der Waals surface area contributed by atoms with Crippen LogP contribution in [0.2, 0.25) is 0 Å². The highest BCUT2D eigenvalue weighted by atomic mass is 28.3. The van der Waals surface area contributed by atoms with Crippen molar-refractivity contribution < 1.29 is 0 Å². The highest BCUT2D eigenvalue weighted by molar-refractivity contribution is 7.20. The van der Waals surface area contributed by atoms with Gasteiger partial charge < -0.3 is 9.13 Å². The lowest BCUT2D eigenvalue weighted by Crippen LogP contribution is -2.74. The predicted molar refractivity (Wildman–Crippen MR) is 259 cm³/mol. The SMILES string of the molecule is Cc1ccc2c(c1)c1ccccc1n2-c1ccc(/C=C/c2ccc(-n3c4ccccc4c4cc([Si](c5ccccc5)(c5ccccc5)c5ccccc5)ccc43)cc2)cc1. The first-order valence-corrected chi connectivity index (χ1v) is 22.8. The summed E-state index contributed by atoms with van der Waals surface area (Å²) in [5.41, 5.74) is 10.8. The molecule has 2 aromatic heterocycles. The van der Waals surface area contributed by atoms with Crippen molar-refractivity contribution in [3.05, 3.63) is 241 Å². The van der Waals surface area contributed by atoms with Gasteiger partial charge in [-0.15, -0.1) is 0 Å². The second kappa shape index (κ2) is 14.7. The molecule has 0 aliphatic carbocycles. The Hall–Kier alpha value is -7.46. The maximum atomic E-state index is 2.50. The Kier molecular flexibility index (Phi) is 8.76. The van der Waals surface area contributed by atoms with Gasteiger partial charge in [0.25, 0.3) is 0 Å². The zero-order valence-corrected chi connectivity index (χ0v) is 34.4. The molecule has 0 saturated heterocycles. The number of rotatable bonds is 8. The number of benzene rings is 9. The minimum absolute atomic E-state index is 1.15. The van der Waals surface area contributed by atoms with Gasteiger partial charge in [0.05, 0.1) is 22.1 Å². The van der Waals surface area contributed by atoms with Gasteiger partial charge in [0.15, 0.2) is 8.07 Å². The van der Waals surface area contributed by atoms with Crippen LogP contribution in [0.1, 0.15) is 16.7 Å². The van der Waals surface area contributed by atoms with E-state index in [-0.39, 0.29) is 0 Å². The van der Waals surface area contributed by atoms with Crippen LogP contribution < -0.4 is 20.7 Å². The third-order valence-corrected chi connectivity index (χ3v) is 17.1. The van der Waals surface area contributed by atoms with Crippen LogP contribution in [0, 0.1) is 6.92 Å². The Balaban J connectivity index is 0.954. The quantitative estimate of drug-likeness (QED) is 0.0825. The molecule has 11 rings (SSSR count). The van der Waals surface area contributed by atoms with Crippen molar-refractivity contribution in [1.29, 1.82) is 0 Å². The molecule has 2 heterocycles. The second-order valence-electron chi connectivity index (χ2n) is 15.8. The molecule has 0 amide bonds. The number of hydrogen-bond acceptors (Lipinski definition) is 0. The minimum atomic E-state index is -2.68. The van der Waals surface area contributed by atoms with Crippen LogP contribution in [0.25, 0.3) is 67.1 Å². The number of nitrogens with zero attached hydrogens (tertiary/aromatic N) is 2. The summed E-state index contributed by atoms with van der Waals surface area (Å²) < 4.78 is 4.80. The maximum Gasteiger partial charge on any atom is 0.179 e. The average Bonchev–Trinajstić information content (AvgIpc) is 3.82. The molecule has 0 fully saturated rings. The van der Waals surface area contributed by atoms with Gasteiger partial charge in [-0.2, -0.15) is 0 Å². The summed E-state index contributed by atoms with van der Waals surface area (Å²) in [6.45, 7) is 2.16. The Labute approximate surface area is 351 Å². The highest BCUT2D eigenvalue weighted by Gasteiger charge is 2.41. The smallest absolute Gasteiger partial charge is 0.179 e. The largest absolute Gasteiger partial charge is 0.309 e. The molecule has 2 nitrogen and oxygen atoms in total. The van der Waals surface area contributed by atoms with Crippen LogP contribution in [0.15, 0.2) is 224 Å². The molecule has 0 aliphatic heterocycles. The van der Waals surface area contributed by atoms with Crippen LogP contribution >= 0.6 is 0 Å². The van der Waals surface area contributed by atoms with Crippen molar-refractivity contribution in [3.63, 3.8) is 0 Å². The summed E-state index contributed by atoms with van der Waals surface area (Å²) in [4.78, 5) is 0. The van der Waals surface area contributed by atoms with Crippen LogP contribution in [0.3, 0.4) is 0 Å². The van der Waals surface area contributed by atoms with E-state index in [0.29, 0.717) is 0 Å². The summed E-state index contributed by atoms with van der Waals surface area (Å²) in [6.07, 6.45) is 4.42. The van der Waals surface area contributed by atoms with E-state index in [0.717, 1.165) is 16.9 Å². The van der Waals surface area contributed by atoms with Gasteiger partial charge in [-0.1, -0.05) is 188 Å². The van der Waals surface area contributed by atoms with Gasteiger partial charge in [0, 0.05) is 32.9 Å². The Morgan fingerprint density at radius 2 is 0.700 bits per heavy atom. The number of aryl methyl sites for hydroxylation is 1. The van der Waals surface area contributed by atoms with Gasteiger partial charge in [0.2, 0.25) is 0 Å². The van der Waals surface area contributed by atoms with E-state index in [1.807, 2.05) is 0 Å². The molecule has 0 radical (unpaired) electrons. The first kappa shape index (κ1) is 35.7. The zero-order chi connectivity index (χ0) is 40.0. The molecule has 3 heteroatoms. The van der Waals surface area contributed by atoms with E-state index in [2.05, 4.69) is 253 Å². The molecule has 0 saturated carbocycles. The van der Waals surface area contributed by atoms with Crippen molar-refractivity contribution >= 4 is 84.6 Å². The lowest BCUT2D eigenvalue weighted by Gasteiger charge is -2.34. The fourth-order valence-corrected chi connectivity index (χ4v) is 14.3. The normalized spacial score (nSPS) is 12.0. The predicted octanol–water partition coefficient (Wildman–Crippen LogP) is 11.7. The van der Waals surface area contributed by atoms with Gasteiger partial charge in [0.1, 0.15) is 0 Å². The Bertz CT molecular complexity index is 3240. The summed E-state index contributed by atoms with van der Waals surface area (Å²) >= 11 is 0. The summed E-state index contributed by atoms with van der Waals surface area (Å²) in [5.74, 6) is 0. The number of fused-ring (bicyclic) bond motifs is 6. The molecule has 9 aromatic carbocycles. The minimum Gasteiger partial charge on any atom is -0.309 e. The van der Waals surface area contributed by atoms with E-state index in [1.165, 1.54) is 75.5 Å². The number of para-hydroxylation sites is 2. The van der Waals surface area contributed by atoms with E-state index < -0.39 is 8.07 Å². The van der Waals surface area contributed by atoms with E-state index in [1.54, 1.807) is 0 Å². The topological polar surface area (TPSA) is 9.86 Å². The van der Waals surface area contributed by atoms with Crippen LogP contribution in [-0.2, 0) is 0 Å². The van der Waals surface area contributed by atoms with Crippen molar-refractivity contribution in [2.75, 3.05) is 0 Å². The summed E-state index contributed by atoms with van der Waals surface area (Å²) in [5, 5.41) is 10.6. The molecule has 0 N–H and O–H groups in total. The lowest BCUT2D eigenvalue weighted by molar-refractivity contribution is 1.18. The molecule has 0 spiro atoms. The molecule has 0 bridgehead atoms. The fraction of sp³-hybridized carbons (Fsp3) is 0.0175. The van der Waals surface area contributed by atoms with E-state index >= 15 is 0 Å². The van der Waals surface area contributed by atoms with Crippen molar-refractivity contribution in [3.8, 4) is 11.4 Å². The molecule has 60 heavy (non-hydrogen) atoms. The first-order chi connectivity index (χ1) is 29.7. The third kappa shape index (κ3) is 5.85. The van der Waals surface area contributed by atoms with Crippen molar-refractivity contribution in [1.82, 2.24) is 9.13 Å². The third-order valence-electron chi connectivity index (χ3n) is 12.3. The van der Waals surface area contributed by atoms with Gasteiger partial charge in [-0.05, 0) is 93.4 Å². The Morgan fingerprint density at radius 1 is 0.317 bits per heavy atom. The maximum absolute atomic E-state index is 2.68. The molecular weight excluding hydrogens is 741 g/mol. The first-order valence-electron chi connectivity index (χ1n) is 20.8. The second-order valence-corrected chi connectivity index (χ2v) is 19.6. The van der Waals surface area contributed by atoms with Crippen LogP contribution in [-0.4, -0.2) is 17.2 Å². The van der Waals surface area contributed by atoms with Crippen molar-refractivity contribution in [2.45, 2.75) is 6.92 Å². The molecule has 284 valence electrons. The average molecular weight is 783 g/mol. The van der Waals surface area contributed by atoms with Gasteiger partial charge in [-0.25, -0.2) is 0 Å². The summed E-state index contributed by atoms with van der Waals surface area (Å²) in [7, 11) is -2.68. The molecular formula is C57H42N2Si. The van der Waals surface area contributed by atoms with Gasteiger partial charge >= 0.3 is 0 Å². The van der Waals surface area contributed by atoms with E-state index in [9.17, 15) is 0 Å². The number of aromatic nitrogens is 2. The monoisotopic (exact) mass is 782 g/mol. The zero-order valence-electron chi connectivity index (χ0n) is 33.4. The van der Waals surface area contributed by atoms with Crippen LogP contribution in [0.5, 0.6) is 0 Å². The lowest BCUT2D eigenvalue weighted by atomic mass is 10.1. The molecule has 11 aromatic rings. The number of hydrogen-bond donors (Lipinski definition) is 0. The molecule has 0 aliphatic rings. The van der Waals surface area contributed by atoms with Crippen LogP contribution in [0.4, 0.5) is 0 Å².